The number of nitrogens with zero attached hydrogens (tertiary/aromatic N) is 1. The zero-order valence-corrected chi connectivity index (χ0v) is 12.3. The van der Waals surface area contributed by atoms with Crippen molar-refractivity contribution in [1.29, 1.82) is 0 Å². The molecule has 1 rings (SSSR count). The Labute approximate surface area is 118 Å². The van der Waals surface area contributed by atoms with Crippen LogP contribution in [-0.4, -0.2) is 42.2 Å². The number of carboxylic acid groups (broad SMARTS) is 1. The highest BCUT2D eigenvalue weighted by Crippen LogP contribution is 2.25. The number of carboxylic acids is 1. The third-order valence-corrected chi connectivity index (χ3v) is 3.48. The van der Waals surface area contributed by atoms with Gasteiger partial charge in [0.15, 0.2) is 0 Å². The first-order valence-electron chi connectivity index (χ1n) is 6.32. The molecule has 19 heavy (non-hydrogen) atoms. The lowest BCUT2D eigenvalue weighted by Crippen LogP contribution is -2.42. The molecule has 0 aliphatic heterocycles. The van der Waals surface area contributed by atoms with Crippen LogP contribution in [0.2, 0.25) is 5.02 Å². The van der Waals surface area contributed by atoms with E-state index in [2.05, 4.69) is 0 Å². The Hall–Kier alpha value is -1.26. The third kappa shape index (κ3) is 4.11. The maximum Gasteiger partial charge on any atom is 0.321 e. The Kier molecular flexibility index (Phi) is 6.12. The zero-order valence-electron chi connectivity index (χ0n) is 11.5. The quantitative estimate of drug-likeness (QED) is 0.837. The van der Waals surface area contributed by atoms with Gasteiger partial charge in [0.25, 0.3) is 0 Å². The van der Waals surface area contributed by atoms with Gasteiger partial charge in [0.1, 0.15) is 11.8 Å². The number of hydrogen-bond donors (Lipinski definition) is 1. The molecule has 1 aromatic carbocycles. The van der Waals surface area contributed by atoms with Crippen molar-refractivity contribution in [2.75, 3.05) is 20.2 Å². The van der Waals surface area contributed by atoms with Gasteiger partial charge in [0, 0.05) is 0 Å². The van der Waals surface area contributed by atoms with Crippen LogP contribution in [0.25, 0.3) is 0 Å². The van der Waals surface area contributed by atoms with Crippen LogP contribution in [0.4, 0.5) is 0 Å². The highest BCUT2D eigenvalue weighted by Gasteiger charge is 2.23. The van der Waals surface area contributed by atoms with Crippen LogP contribution in [0.5, 0.6) is 5.75 Å². The Morgan fingerprint density at radius 2 is 2.05 bits per heavy atom. The molecule has 1 N–H and O–H groups in total. The standard InChI is InChI=1S/C14H20ClNO3/c1-4-16(5-2)12(14(17)18)9-10-6-7-13(19-3)11(15)8-10/h6-8,12H,4-5,9H2,1-3H3,(H,17,18)/t12-/m0/s1. The van der Waals surface area contributed by atoms with Crippen LogP contribution in [-0.2, 0) is 11.2 Å². The van der Waals surface area contributed by atoms with Gasteiger partial charge in [0.2, 0.25) is 0 Å². The van der Waals surface area contributed by atoms with Crippen molar-refractivity contribution in [3.63, 3.8) is 0 Å². The molecule has 0 fully saturated rings. The summed E-state index contributed by atoms with van der Waals surface area (Å²) in [6.07, 6.45) is 0.431. The van der Waals surface area contributed by atoms with Crippen molar-refractivity contribution in [3.8, 4) is 5.75 Å². The number of aliphatic carboxylic acids is 1. The van der Waals surface area contributed by atoms with Crippen LogP contribution >= 0.6 is 11.6 Å². The largest absolute Gasteiger partial charge is 0.495 e. The van der Waals surface area contributed by atoms with Crippen molar-refractivity contribution in [3.05, 3.63) is 28.8 Å². The molecule has 0 aliphatic carbocycles. The molecule has 0 radical (unpaired) electrons. The zero-order chi connectivity index (χ0) is 14.4. The SMILES string of the molecule is CCN(CC)[C@@H](Cc1ccc(OC)c(Cl)c1)C(=O)O. The molecule has 0 saturated carbocycles. The molecule has 0 amide bonds. The van der Waals surface area contributed by atoms with E-state index < -0.39 is 12.0 Å². The van der Waals surface area contributed by atoms with Crippen molar-refractivity contribution in [2.45, 2.75) is 26.3 Å². The predicted molar refractivity (Wildman–Crippen MR) is 76.1 cm³/mol. The number of carbonyl (C=O) groups is 1. The van der Waals surface area contributed by atoms with Gasteiger partial charge in [-0.3, -0.25) is 9.69 Å². The minimum Gasteiger partial charge on any atom is -0.495 e. The Morgan fingerprint density at radius 1 is 1.42 bits per heavy atom. The molecule has 0 saturated heterocycles. The fourth-order valence-corrected chi connectivity index (χ4v) is 2.38. The average Bonchev–Trinajstić information content (AvgIpc) is 2.39. The highest BCUT2D eigenvalue weighted by molar-refractivity contribution is 6.32. The maximum absolute atomic E-state index is 11.4. The summed E-state index contributed by atoms with van der Waals surface area (Å²) < 4.78 is 5.08. The predicted octanol–water partition coefficient (Wildman–Crippen LogP) is 2.69. The molecule has 0 heterocycles. The summed E-state index contributed by atoms with van der Waals surface area (Å²) in [6, 6.07) is 4.85. The van der Waals surface area contributed by atoms with Crippen LogP contribution in [0, 0.1) is 0 Å². The molecule has 0 aliphatic rings. The summed E-state index contributed by atoms with van der Waals surface area (Å²) in [4.78, 5) is 13.3. The second-order valence-electron chi connectivity index (χ2n) is 4.25. The van der Waals surface area contributed by atoms with Gasteiger partial charge in [-0.25, -0.2) is 0 Å². The van der Waals surface area contributed by atoms with Gasteiger partial charge in [-0.05, 0) is 37.2 Å². The molecule has 1 aromatic rings. The van der Waals surface area contributed by atoms with Crippen molar-refractivity contribution in [1.82, 2.24) is 4.90 Å². The van der Waals surface area contributed by atoms with Crippen LogP contribution in [0.15, 0.2) is 18.2 Å². The first-order valence-corrected chi connectivity index (χ1v) is 6.70. The van der Waals surface area contributed by atoms with Gasteiger partial charge >= 0.3 is 5.97 Å². The van der Waals surface area contributed by atoms with E-state index in [1.165, 1.54) is 0 Å². The number of methoxy groups -OCH3 is 1. The van der Waals surface area contributed by atoms with E-state index in [1.54, 1.807) is 19.2 Å². The summed E-state index contributed by atoms with van der Waals surface area (Å²) in [7, 11) is 1.55. The van der Waals surface area contributed by atoms with Crippen LogP contribution in [0.3, 0.4) is 0 Å². The summed E-state index contributed by atoms with van der Waals surface area (Å²) in [5, 5.41) is 9.84. The molecule has 4 nitrogen and oxygen atoms in total. The smallest absolute Gasteiger partial charge is 0.321 e. The highest BCUT2D eigenvalue weighted by atomic mass is 35.5. The summed E-state index contributed by atoms with van der Waals surface area (Å²) in [6.45, 7) is 5.33. The van der Waals surface area contributed by atoms with Crippen molar-refractivity contribution >= 4 is 17.6 Å². The van der Waals surface area contributed by atoms with E-state index in [-0.39, 0.29) is 0 Å². The third-order valence-electron chi connectivity index (χ3n) is 3.18. The number of likely N-dealkylation sites (N-methyl/N-ethyl adjacent to an activating group) is 1. The average molecular weight is 286 g/mol. The second-order valence-corrected chi connectivity index (χ2v) is 4.66. The lowest BCUT2D eigenvalue weighted by atomic mass is 10.0. The summed E-state index contributed by atoms with van der Waals surface area (Å²) in [5.74, 6) is -0.212. The van der Waals surface area contributed by atoms with Gasteiger partial charge in [-0.2, -0.15) is 0 Å². The maximum atomic E-state index is 11.4. The number of hydrogen-bond acceptors (Lipinski definition) is 3. The molecular weight excluding hydrogens is 266 g/mol. The number of halogens is 1. The monoisotopic (exact) mass is 285 g/mol. The van der Waals surface area contributed by atoms with E-state index in [0.717, 1.165) is 5.56 Å². The lowest BCUT2D eigenvalue weighted by Gasteiger charge is -2.26. The first kappa shape index (κ1) is 15.8. The summed E-state index contributed by atoms with van der Waals surface area (Å²) >= 11 is 6.05. The van der Waals surface area contributed by atoms with Crippen molar-refractivity contribution in [2.24, 2.45) is 0 Å². The van der Waals surface area contributed by atoms with Gasteiger partial charge < -0.3 is 9.84 Å². The lowest BCUT2D eigenvalue weighted by molar-refractivity contribution is -0.143. The molecule has 5 heteroatoms. The molecular formula is C14H20ClNO3. The van der Waals surface area contributed by atoms with Crippen LogP contribution in [0.1, 0.15) is 19.4 Å². The number of ether oxygens (including phenoxy) is 1. The topological polar surface area (TPSA) is 49.8 Å². The van der Waals surface area contributed by atoms with E-state index >= 15 is 0 Å². The molecule has 106 valence electrons. The van der Waals surface area contributed by atoms with Gasteiger partial charge in [-0.1, -0.05) is 31.5 Å². The fraction of sp³-hybridized carbons (Fsp3) is 0.500. The van der Waals surface area contributed by atoms with E-state index in [1.807, 2.05) is 24.8 Å². The molecule has 0 spiro atoms. The molecule has 0 bridgehead atoms. The Bertz CT molecular complexity index is 433. The Balaban J connectivity index is 2.90. The second kappa shape index (κ2) is 7.36. The molecule has 1 atom stereocenters. The number of benzene rings is 1. The minimum absolute atomic E-state index is 0.431. The molecule has 0 unspecified atom stereocenters. The molecule has 0 aromatic heterocycles. The first-order chi connectivity index (χ1) is 9.03. The Morgan fingerprint density at radius 3 is 2.47 bits per heavy atom. The van der Waals surface area contributed by atoms with Gasteiger partial charge in [-0.15, -0.1) is 0 Å². The summed E-state index contributed by atoms with van der Waals surface area (Å²) in [5.41, 5.74) is 0.894. The van der Waals surface area contributed by atoms with E-state index in [0.29, 0.717) is 30.3 Å². The van der Waals surface area contributed by atoms with Crippen molar-refractivity contribution < 1.29 is 14.6 Å². The fourth-order valence-electron chi connectivity index (χ4n) is 2.10. The van der Waals surface area contributed by atoms with Crippen LogP contribution < -0.4 is 4.74 Å². The van der Waals surface area contributed by atoms with Gasteiger partial charge in [0.05, 0.1) is 12.1 Å². The normalized spacial score (nSPS) is 12.5. The number of rotatable bonds is 7. The van der Waals surface area contributed by atoms with E-state index in [4.69, 9.17) is 16.3 Å². The minimum atomic E-state index is -0.810. The van der Waals surface area contributed by atoms with E-state index in [9.17, 15) is 9.90 Å².